The summed E-state index contributed by atoms with van der Waals surface area (Å²) in [5.74, 6) is -7.77. The molecule has 18 N–H and O–H groups in total. The van der Waals surface area contributed by atoms with E-state index in [1.807, 2.05) is 0 Å². The third-order valence-electron chi connectivity index (χ3n) is 16.6. The molecule has 9 aliphatic carbocycles. The number of carbonyl (C=O) groups excluding carboxylic acids is 1. The molecule has 0 saturated heterocycles. The van der Waals surface area contributed by atoms with Crippen LogP contribution in [0.2, 0.25) is 0 Å². The number of Topliss-reactive ketones (excluding diaryl/α,β-unsaturated/α-hetero) is 1. The molecule has 108 heavy (non-hydrogen) atoms. The van der Waals surface area contributed by atoms with Crippen LogP contribution in [0.25, 0.3) is 44.0 Å². The maximum Gasteiger partial charge on any atom is 0.339 e. The quantitative estimate of drug-likeness (QED) is 0.0286. The van der Waals surface area contributed by atoms with Crippen LogP contribution in [0.3, 0.4) is 0 Å². The summed E-state index contributed by atoms with van der Waals surface area (Å²) in [4.78, 5) is 38.0. The fraction of sp³-hybridized carbons (Fsp3) is 0.531. The summed E-state index contributed by atoms with van der Waals surface area (Å²) >= 11 is 0. The molecule has 7 fully saturated rings. The van der Waals surface area contributed by atoms with E-state index in [-0.39, 0.29) is 35.2 Å². The van der Waals surface area contributed by atoms with Gasteiger partial charge >= 0.3 is 30.2 Å². The average Bonchev–Trinajstić information content (AvgIpc) is 1.49. The minimum absolute atomic E-state index is 0.0535. The van der Waals surface area contributed by atoms with Crippen molar-refractivity contribution in [3.63, 3.8) is 0 Å². The van der Waals surface area contributed by atoms with Crippen LogP contribution in [0.5, 0.6) is 0 Å². The van der Waals surface area contributed by atoms with Crippen molar-refractivity contribution in [1.82, 2.24) is 58.9 Å². The Bertz CT molecular complexity index is 4000. The maximum atomic E-state index is 11.5. The highest BCUT2D eigenvalue weighted by Crippen LogP contribution is 2.57. The monoisotopic (exact) mass is 1460 g/mol. The fourth-order valence-corrected chi connectivity index (χ4v) is 10.6. The van der Waals surface area contributed by atoms with E-state index in [1.54, 1.807) is 98.0 Å². The van der Waals surface area contributed by atoms with E-state index in [1.165, 1.54) is 38.5 Å². The topological polar surface area (TPSA) is 711 Å². The lowest BCUT2D eigenvalue weighted by atomic mass is 9.62. The smallest absolute Gasteiger partial charge is 0.339 e. The number of carbonyl (C=O) groups is 1. The Kier molecular flexibility index (Phi) is 38.9. The van der Waals surface area contributed by atoms with Gasteiger partial charge in [0.2, 0.25) is 0 Å². The van der Waals surface area contributed by atoms with Crippen molar-refractivity contribution in [2.75, 3.05) is 0 Å². The summed E-state index contributed by atoms with van der Waals surface area (Å²) in [6.07, 6.45) is 15.6. The van der Waals surface area contributed by atoms with Gasteiger partial charge in [0, 0.05) is 11.8 Å². The predicted octanol–water partition coefficient (Wildman–Crippen LogP) is -2.75. The van der Waals surface area contributed by atoms with E-state index < -0.39 is 162 Å². The van der Waals surface area contributed by atoms with Gasteiger partial charge < -0.3 is 73.0 Å². The second-order valence-corrected chi connectivity index (χ2v) is 22.7. The molecule has 0 aromatic heterocycles. The van der Waals surface area contributed by atoms with Gasteiger partial charge in [0.1, 0.15) is 71.4 Å². The number of ketones is 1. The molecule has 0 heterocycles. The average molecular weight is 1460 g/mol. The number of hydrogen-bond donors (Lipinski definition) is 18. The molecule has 7 saturated carbocycles. The molecule has 0 amide bonds. The van der Waals surface area contributed by atoms with Gasteiger partial charge in [-0.15, -0.1) is 16.3 Å². The predicted molar refractivity (Wildman–Crippen MR) is 351 cm³/mol. The number of rotatable bonds is 18. The molecule has 0 radical (unpaired) electrons. The van der Waals surface area contributed by atoms with Gasteiger partial charge in [-0.25, -0.2) is 32.9 Å². The molecular weight excluding hydrogens is 1400 g/mol. The van der Waals surface area contributed by atoms with E-state index in [0.717, 1.165) is 0 Å². The third kappa shape index (κ3) is 23.1. The molecular formula is C64H58N36O8. The van der Waals surface area contributed by atoms with Crippen LogP contribution in [-0.2, 0) is 4.79 Å². The Balaban J connectivity index is 0.000000623. The Morgan fingerprint density at radius 3 is 0.917 bits per heavy atom. The van der Waals surface area contributed by atoms with Crippen molar-refractivity contribution in [2.45, 2.75) is 160 Å². The largest absolute Gasteiger partial charge is 0.510 e. The number of nitrogens with zero attached hydrogens (tertiary/aromatic N) is 25. The first kappa shape index (κ1) is 89.6. The Labute approximate surface area is 618 Å². The fourth-order valence-electron chi connectivity index (χ4n) is 10.6. The molecule has 44 heteroatoms. The van der Waals surface area contributed by atoms with Crippen molar-refractivity contribution in [3.05, 3.63) is 126 Å². The van der Waals surface area contributed by atoms with Gasteiger partial charge in [-0.05, 0) is 0 Å². The highest BCUT2D eigenvalue weighted by Gasteiger charge is 2.65. The minimum Gasteiger partial charge on any atom is -0.510 e. The van der Waals surface area contributed by atoms with Crippen molar-refractivity contribution in [1.29, 1.82) is 84.2 Å². The summed E-state index contributed by atoms with van der Waals surface area (Å²) in [6, 6.07) is 5.61. The van der Waals surface area contributed by atoms with Crippen LogP contribution >= 0.6 is 0 Å². The van der Waals surface area contributed by atoms with Crippen LogP contribution in [0.15, 0.2) is 22.8 Å². The number of aliphatic hydroxyl groups excluding tert-OH is 7. The second-order valence-electron chi connectivity index (χ2n) is 22.7. The number of hydrogen-bond acceptors (Lipinski definition) is 35. The molecule has 44 nitrogen and oxygen atoms in total. The number of nitriles is 16. The van der Waals surface area contributed by atoms with Gasteiger partial charge in [-0.1, -0.05) is 44.0 Å². The van der Waals surface area contributed by atoms with E-state index in [0.29, 0.717) is 0 Å². The molecule has 0 spiro atoms. The lowest BCUT2D eigenvalue weighted by molar-refractivity contribution is -0.153. The molecule has 9 aliphatic rings. The zero-order valence-electron chi connectivity index (χ0n) is 55.6. The van der Waals surface area contributed by atoms with Crippen molar-refractivity contribution in [2.24, 2.45) is 47.3 Å². The zero-order valence-corrected chi connectivity index (χ0v) is 55.6. The van der Waals surface area contributed by atoms with Gasteiger partial charge in [0.15, 0.2) is 91.1 Å². The lowest BCUT2D eigenvalue weighted by Crippen LogP contribution is -2.79. The molecule has 22 atom stereocenters. The maximum absolute atomic E-state index is 11.5. The summed E-state index contributed by atoms with van der Waals surface area (Å²) in [5, 5.41) is 219. The first-order valence-electron chi connectivity index (χ1n) is 30.7. The first-order chi connectivity index (χ1) is 52.0. The third-order valence-corrected chi connectivity index (χ3v) is 16.6. The Hall–Kier alpha value is -16.4. The summed E-state index contributed by atoms with van der Waals surface area (Å²) in [6.45, 7) is 59.8. The van der Waals surface area contributed by atoms with Gasteiger partial charge in [-0.3, -0.25) is 29.0 Å². The first-order valence-corrected chi connectivity index (χ1v) is 30.7. The van der Waals surface area contributed by atoms with Gasteiger partial charge in [-0.2, -0.15) is 130 Å². The summed E-state index contributed by atoms with van der Waals surface area (Å²) in [7, 11) is 0. The van der Waals surface area contributed by atoms with Crippen LogP contribution in [0, 0.1) is 289 Å². The van der Waals surface area contributed by atoms with Crippen molar-refractivity contribution >= 4 is 5.78 Å². The standard InChI is InChI=1S/C12H6N6.C10H4N4O2.C10H8N4O2.C8H8N8.C6H6N6.C6H6N4O2.C6H8N4O2.2C3H6/c1-18-9(6-17)12-10(7(2-13)3-14)11(12)8(4-15)5-16;1-13-5(3-11)7-9(15)8(10(7)16)6(4-12)14-2;1-13-5(3-11)7-8(6(4-12)14-2)10(16)9(7)15;1-12-16-8-6(14-3-10)5(13-2-9)7(8)15-4-11;1-9-12-6-4(10-2-7)5(6)11-3-8;1-8-10-4-5(11)3(6(4)12)9-2-7;1-8-10-4-3(9-2-7)5(11)6(4)12;2*1-2-3-1/h7-12H;5-7,15H;5-10,15-16H;5-8,13-16H;4-6,10-12H;3,5,9-12H;3-6,9-12H;2*1-3H2. The zero-order chi connectivity index (χ0) is 81.8. The Morgan fingerprint density at radius 2 is 0.657 bits per heavy atom. The molecule has 542 valence electrons. The van der Waals surface area contributed by atoms with Gasteiger partial charge in [0.25, 0.3) is 0 Å². The summed E-state index contributed by atoms with van der Waals surface area (Å²) < 4.78 is 0. The molecule has 0 aromatic carbocycles. The molecule has 9 rings (SSSR count). The number of aliphatic hydroxyl groups is 7. The normalized spacial score (nSPS) is 29.2. The van der Waals surface area contributed by atoms with E-state index in [9.17, 15) is 20.1 Å². The highest BCUT2D eigenvalue weighted by molar-refractivity contribution is 6.08. The second kappa shape index (κ2) is 46.8. The van der Waals surface area contributed by atoms with E-state index >= 15 is 0 Å². The Morgan fingerprint density at radius 1 is 0.343 bits per heavy atom. The van der Waals surface area contributed by atoms with E-state index in [2.05, 4.69) is 103 Å². The van der Waals surface area contributed by atoms with Crippen LogP contribution in [-0.4, -0.2) is 163 Å². The van der Waals surface area contributed by atoms with Crippen molar-refractivity contribution in [3.8, 4) is 98.0 Å². The lowest BCUT2D eigenvalue weighted by Gasteiger charge is -2.46. The SMILES string of the molecule is C1CC1.C1CC1.[C-]#[N+]C(C#N)C1=C(O)C(C(C#N)[N+]#[C-])C1=O.[C-]#[N+]C(C#N)C1C(C(C#N)C#N)C1C(C#N)C#N.[C-]#[N+]C(C#N)C1C(O)C(O)C1C(C#N)[N+]#[C-].[C-]#[N+]NC1=C(O)C(NC#N)C1O.[C-]#[N+]NC1C(NC#N)C(NC#N)C1NC#N.[C-]#[N+]NC1C(NC#N)C1NC#N.[C-]#[N+]NC1C(O)C(O)C1NC#N. The van der Waals surface area contributed by atoms with Crippen LogP contribution in [0.1, 0.15) is 38.5 Å². The van der Waals surface area contributed by atoms with Crippen LogP contribution in [0.4, 0.5) is 0 Å². The van der Waals surface area contributed by atoms with Gasteiger partial charge in [0.05, 0.1) is 90.5 Å². The minimum atomic E-state index is -1.35. The van der Waals surface area contributed by atoms with Crippen molar-refractivity contribution < 1.29 is 40.5 Å². The number of nitrogens with one attached hydrogen (secondary N) is 11. The van der Waals surface area contributed by atoms with E-state index in [4.69, 9.17) is 164 Å². The van der Waals surface area contributed by atoms with Crippen LogP contribution < -0.4 is 58.9 Å². The molecule has 0 aromatic rings. The summed E-state index contributed by atoms with van der Waals surface area (Å²) in [5.41, 5.74) is 9.03. The highest BCUT2D eigenvalue weighted by atomic mass is 16.3. The molecule has 0 bridgehead atoms. The molecule has 0 aliphatic heterocycles. The molecule has 22 unspecified atom stereocenters.